The molecule has 0 amide bonds. The van der Waals surface area contributed by atoms with Crippen molar-refractivity contribution in [2.75, 3.05) is 0 Å². The zero-order chi connectivity index (χ0) is 18.7. The average Bonchev–Trinajstić information content (AvgIpc) is 2.98. The Labute approximate surface area is 159 Å². The average molecular weight is 355 g/mol. The van der Waals surface area contributed by atoms with Crippen LogP contribution in [0.1, 0.15) is 72.1 Å². The maximum atomic E-state index is 13.9. The van der Waals surface area contributed by atoms with Gasteiger partial charge in [-0.1, -0.05) is 68.9 Å². The van der Waals surface area contributed by atoms with E-state index in [1.807, 2.05) is 0 Å². The van der Waals surface area contributed by atoms with Crippen molar-refractivity contribution >= 4 is 0 Å². The largest absolute Gasteiger partial charge is 0.242 e. The molecule has 2 fully saturated rings. The quantitative estimate of drug-likeness (QED) is 0.455. The van der Waals surface area contributed by atoms with E-state index in [1.54, 1.807) is 11.1 Å². The summed E-state index contributed by atoms with van der Waals surface area (Å²) in [5, 5.41) is 0. The van der Waals surface area contributed by atoms with Crippen molar-refractivity contribution in [1.29, 1.82) is 0 Å². The third-order valence-corrected chi connectivity index (χ3v) is 6.96. The summed E-state index contributed by atoms with van der Waals surface area (Å²) in [7, 11) is 0. The first-order valence-corrected chi connectivity index (χ1v) is 10.6. The Morgan fingerprint density at radius 1 is 1.31 bits per heavy atom. The van der Waals surface area contributed by atoms with Gasteiger partial charge >= 0.3 is 0 Å². The van der Waals surface area contributed by atoms with E-state index < -0.39 is 6.17 Å². The summed E-state index contributed by atoms with van der Waals surface area (Å²) in [6, 6.07) is 0. The normalized spacial score (nSPS) is 36.6. The van der Waals surface area contributed by atoms with Crippen LogP contribution < -0.4 is 0 Å². The van der Waals surface area contributed by atoms with E-state index in [0.29, 0.717) is 23.7 Å². The Morgan fingerprint density at radius 2 is 2.12 bits per heavy atom. The molecule has 0 radical (unpaired) electrons. The SMILES string of the molecule is C=C1/C(=C\C=C2/CCCC3(C)C(C(C)/C=C/CC)=CCC23)CCCC1F. The van der Waals surface area contributed by atoms with Crippen LogP contribution in [0.15, 0.2) is 59.3 Å². The van der Waals surface area contributed by atoms with Gasteiger partial charge in [-0.15, -0.1) is 0 Å². The molecule has 0 aromatic rings. The van der Waals surface area contributed by atoms with Gasteiger partial charge in [0, 0.05) is 0 Å². The minimum Gasteiger partial charge on any atom is -0.242 e. The van der Waals surface area contributed by atoms with Crippen LogP contribution >= 0.6 is 0 Å². The van der Waals surface area contributed by atoms with E-state index in [9.17, 15) is 4.39 Å². The van der Waals surface area contributed by atoms with Crippen LogP contribution in [0.2, 0.25) is 0 Å². The Bertz CT molecular complexity index is 660. The topological polar surface area (TPSA) is 0 Å². The third-order valence-electron chi connectivity index (χ3n) is 6.96. The summed E-state index contributed by atoms with van der Waals surface area (Å²) in [5.74, 6) is 1.16. The summed E-state index contributed by atoms with van der Waals surface area (Å²) >= 11 is 0. The fourth-order valence-corrected chi connectivity index (χ4v) is 5.41. The van der Waals surface area contributed by atoms with Crippen LogP contribution in [0.25, 0.3) is 0 Å². The Morgan fingerprint density at radius 3 is 2.88 bits per heavy atom. The second-order valence-electron chi connectivity index (χ2n) is 8.66. The number of alkyl halides is 1. The smallest absolute Gasteiger partial charge is 0.125 e. The van der Waals surface area contributed by atoms with Gasteiger partial charge in [0.25, 0.3) is 0 Å². The van der Waals surface area contributed by atoms with Gasteiger partial charge in [-0.25, -0.2) is 4.39 Å². The Hall–Kier alpha value is -1.37. The molecule has 0 aromatic heterocycles. The van der Waals surface area contributed by atoms with Crippen molar-refractivity contribution in [3.8, 4) is 0 Å². The van der Waals surface area contributed by atoms with E-state index in [0.717, 1.165) is 36.8 Å². The van der Waals surface area contributed by atoms with E-state index in [4.69, 9.17) is 0 Å². The first-order chi connectivity index (χ1) is 12.5. The van der Waals surface area contributed by atoms with Crippen molar-refractivity contribution in [3.05, 3.63) is 59.3 Å². The molecular weight excluding hydrogens is 319 g/mol. The van der Waals surface area contributed by atoms with Crippen LogP contribution in [0.4, 0.5) is 4.39 Å². The molecule has 0 saturated heterocycles. The summed E-state index contributed by atoms with van der Waals surface area (Å²) < 4.78 is 13.9. The van der Waals surface area contributed by atoms with Gasteiger partial charge in [-0.05, 0) is 79.8 Å². The molecule has 26 heavy (non-hydrogen) atoms. The van der Waals surface area contributed by atoms with Crippen molar-refractivity contribution in [2.45, 2.75) is 78.3 Å². The summed E-state index contributed by atoms with van der Waals surface area (Å²) in [6.45, 7) is 11.0. The number of fused-ring (bicyclic) bond motifs is 1. The van der Waals surface area contributed by atoms with E-state index in [-0.39, 0.29) is 0 Å². The van der Waals surface area contributed by atoms with Crippen LogP contribution in [0.5, 0.6) is 0 Å². The lowest BCUT2D eigenvalue weighted by Gasteiger charge is -2.42. The van der Waals surface area contributed by atoms with Crippen LogP contribution in [0, 0.1) is 17.3 Å². The molecule has 4 atom stereocenters. The molecule has 2 saturated carbocycles. The molecule has 0 heterocycles. The Balaban J connectivity index is 1.80. The van der Waals surface area contributed by atoms with Crippen LogP contribution in [-0.2, 0) is 0 Å². The van der Waals surface area contributed by atoms with Crippen molar-refractivity contribution in [1.82, 2.24) is 0 Å². The maximum Gasteiger partial charge on any atom is 0.125 e. The highest BCUT2D eigenvalue weighted by Gasteiger charge is 2.45. The highest BCUT2D eigenvalue weighted by atomic mass is 19.1. The number of allylic oxidation sites excluding steroid dienone is 9. The zero-order valence-corrected chi connectivity index (χ0v) is 16.9. The highest BCUT2D eigenvalue weighted by Crippen LogP contribution is 2.56. The van der Waals surface area contributed by atoms with Gasteiger partial charge in [0.05, 0.1) is 0 Å². The van der Waals surface area contributed by atoms with Gasteiger partial charge in [-0.2, -0.15) is 0 Å². The number of hydrogen-bond acceptors (Lipinski definition) is 0. The summed E-state index contributed by atoms with van der Waals surface area (Å²) in [5.41, 5.74) is 5.35. The minimum atomic E-state index is -0.837. The fourth-order valence-electron chi connectivity index (χ4n) is 5.41. The van der Waals surface area contributed by atoms with Gasteiger partial charge in [0.2, 0.25) is 0 Å². The molecule has 0 nitrogen and oxygen atoms in total. The molecular formula is C25H35F. The van der Waals surface area contributed by atoms with E-state index in [2.05, 4.69) is 57.7 Å². The molecule has 0 bridgehead atoms. The number of hydrogen-bond donors (Lipinski definition) is 0. The predicted octanol–water partition coefficient (Wildman–Crippen LogP) is 7.66. The van der Waals surface area contributed by atoms with E-state index in [1.165, 1.54) is 19.3 Å². The predicted molar refractivity (Wildman–Crippen MR) is 111 cm³/mol. The molecule has 0 spiro atoms. The van der Waals surface area contributed by atoms with Gasteiger partial charge in [0.15, 0.2) is 0 Å². The lowest BCUT2D eigenvalue weighted by atomic mass is 9.62. The van der Waals surface area contributed by atoms with Crippen molar-refractivity contribution < 1.29 is 4.39 Å². The van der Waals surface area contributed by atoms with Crippen molar-refractivity contribution in [3.63, 3.8) is 0 Å². The molecule has 3 rings (SSSR count). The molecule has 4 unspecified atom stereocenters. The molecule has 0 aliphatic heterocycles. The molecule has 1 heteroatoms. The first kappa shape index (κ1) is 19.4. The molecule has 3 aliphatic carbocycles. The van der Waals surface area contributed by atoms with Gasteiger partial charge in [0.1, 0.15) is 6.17 Å². The standard InChI is InChI=1S/C25H35F/c1-5-6-9-18(2)22-15-16-23-21(11-8-17-25(22,23)4)14-13-20-10-7-12-24(26)19(20)3/h6,9,13-15,18,23-24H,3,5,7-8,10-12,16-17H2,1-2,4H3/b9-6+,20-13-,21-14+. The van der Waals surface area contributed by atoms with Gasteiger partial charge < -0.3 is 0 Å². The minimum absolute atomic E-state index is 0.298. The number of halogens is 1. The molecule has 3 aliphatic rings. The van der Waals surface area contributed by atoms with Gasteiger partial charge in [-0.3, -0.25) is 0 Å². The second kappa shape index (κ2) is 8.11. The maximum absolute atomic E-state index is 13.9. The lowest BCUT2D eigenvalue weighted by molar-refractivity contribution is 0.223. The Kier molecular flexibility index (Phi) is 6.05. The van der Waals surface area contributed by atoms with Crippen LogP contribution in [-0.4, -0.2) is 6.17 Å². The van der Waals surface area contributed by atoms with Crippen LogP contribution in [0.3, 0.4) is 0 Å². The fraction of sp³-hybridized carbons (Fsp3) is 0.600. The second-order valence-corrected chi connectivity index (χ2v) is 8.66. The number of rotatable bonds is 4. The zero-order valence-electron chi connectivity index (χ0n) is 16.9. The lowest BCUT2D eigenvalue weighted by Crippen LogP contribution is -2.32. The molecule has 142 valence electrons. The van der Waals surface area contributed by atoms with E-state index >= 15 is 0 Å². The third kappa shape index (κ3) is 3.68. The molecule has 0 N–H and O–H groups in total. The first-order valence-electron chi connectivity index (χ1n) is 10.6. The van der Waals surface area contributed by atoms with Crippen molar-refractivity contribution in [2.24, 2.45) is 17.3 Å². The monoisotopic (exact) mass is 354 g/mol. The molecule has 0 aromatic carbocycles. The summed E-state index contributed by atoms with van der Waals surface area (Å²) in [4.78, 5) is 0. The summed E-state index contributed by atoms with van der Waals surface area (Å²) in [6.07, 6.45) is 19.5. The highest BCUT2D eigenvalue weighted by molar-refractivity contribution is 5.40.